The predicted molar refractivity (Wildman–Crippen MR) is 121 cm³/mol. The maximum absolute atomic E-state index is 12.5. The van der Waals surface area contributed by atoms with Crippen LogP contribution >= 0.6 is 23.1 Å². The second-order valence-corrected chi connectivity index (χ2v) is 9.07. The van der Waals surface area contributed by atoms with Crippen molar-refractivity contribution in [3.8, 4) is 6.07 Å². The standard InChI is InChI=1S/C20H15N7O3S2/c1-10-11(2)31-19-16(10)18(28)23-17(24-19)13(8-21)6-12-4-5-15(14(7-12)27(29)30)32-20-25-22-9-26(20)3/h4-7,9H,1-3H3,(H,23,24,28)/b13-6-. The van der Waals surface area contributed by atoms with Gasteiger partial charge in [0.15, 0.2) is 11.0 Å². The van der Waals surface area contributed by atoms with E-state index in [9.17, 15) is 20.2 Å². The van der Waals surface area contributed by atoms with Crippen LogP contribution in [0, 0.1) is 35.3 Å². The molecule has 0 saturated carbocycles. The molecule has 0 atom stereocenters. The number of benzene rings is 1. The van der Waals surface area contributed by atoms with E-state index in [4.69, 9.17) is 0 Å². The minimum Gasteiger partial charge on any atom is -0.311 e. The molecule has 3 heterocycles. The highest BCUT2D eigenvalue weighted by Gasteiger charge is 2.19. The number of fused-ring (bicyclic) bond motifs is 1. The third-order valence-corrected chi connectivity index (χ3v) is 6.99. The molecule has 1 N–H and O–H groups in total. The molecule has 1 aromatic carbocycles. The van der Waals surface area contributed by atoms with Crippen LogP contribution in [0.1, 0.15) is 21.8 Å². The lowest BCUT2D eigenvalue weighted by Gasteiger charge is -2.04. The summed E-state index contributed by atoms with van der Waals surface area (Å²) in [4.78, 5) is 32.7. The summed E-state index contributed by atoms with van der Waals surface area (Å²) in [5.74, 6) is 0.117. The molecule has 0 spiro atoms. The molecule has 0 bridgehead atoms. The van der Waals surface area contributed by atoms with Crippen molar-refractivity contribution in [3.63, 3.8) is 0 Å². The van der Waals surface area contributed by atoms with Crippen LogP contribution in [0.2, 0.25) is 0 Å². The van der Waals surface area contributed by atoms with Gasteiger partial charge in [-0.3, -0.25) is 14.9 Å². The Kier molecular flexibility index (Phi) is 5.60. The molecule has 0 aliphatic carbocycles. The van der Waals surface area contributed by atoms with Gasteiger partial charge in [0, 0.05) is 18.0 Å². The lowest BCUT2D eigenvalue weighted by molar-refractivity contribution is -0.387. The Labute approximate surface area is 189 Å². The monoisotopic (exact) mass is 465 g/mol. The van der Waals surface area contributed by atoms with E-state index in [0.717, 1.165) is 22.2 Å². The lowest BCUT2D eigenvalue weighted by atomic mass is 10.1. The van der Waals surface area contributed by atoms with Crippen molar-refractivity contribution in [2.45, 2.75) is 23.9 Å². The minimum atomic E-state index is -0.495. The number of allylic oxidation sites excluding steroid dienone is 1. The molecule has 3 aromatic heterocycles. The van der Waals surface area contributed by atoms with E-state index in [0.29, 0.717) is 25.8 Å². The zero-order valence-electron chi connectivity index (χ0n) is 17.1. The van der Waals surface area contributed by atoms with Gasteiger partial charge in [0.25, 0.3) is 11.2 Å². The number of nitriles is 1. The highest BCUT2D eigenvalue weighted by Crippen LogP contribution is 2.35. The average molecular weight is 466 g/mol. The number of thiophene rings is 1. The summed E-state index contributed by atoms with van der Waals surface area (Å²) in [7, 11) is 1.74. The summed E-state index contributed by atoms with van der Waals surface area (Å²) in [5, 5.41) is 30.0. The first kappa shape index (κ1) is 21.4. The smallest absolute Gasteiger partial charge is 0.283 e. The maximum atomic E-state index is 12.5. The van der Waals surface area contributed by atoms with E-state index in [1.807, 2.05) is 19.9 Å². The minimum absolute atomic E-state index is 0.0932. The fraction of sp³-hybridized carbons (Fsp3) is 0.150. The molecule has 160 valence electrons. The molecule has 0 radical (unpaired) electrons. The molecule has 0 amide bonds. The number of nitrogens with zero attached hydrogens (tertiary/aromatic N) is 6. The Morgan fingerprint density at radius 2 is 2.19 bits per heavy atom. The molecule has 0 unspecified atom stereocenters. The summed E-state index contributed by atoms with van der Waals surface area (Å²) < 4.78 is 1.65. The quantitative estimate of drug-likeness (QED) is 0.266. The number of nitro groups is 1. The van der Waals surface area contributed by atoms with Crippen LogP contribution in [0.4, 0.5) is 5.69 Å². The van der Waals surface area contributed by atoms with Crippen molar-refractivity contribution in [2.24, 2.45) is 7.05 Å². The van der Waals surface area contributed by atoms with Gasteiger partial charge in [0.1, 0.15) is 17.2 Å². The number of nitro benzene ring substituents is 1. The Hall–Kier alpha value is -3.82. The second-order valence-electron chi connectivity index (χ2n) is 6.86. The molecule has 0 aliphatic rings. The summed E-state index contributed by atoms with van der Waals surface area (Å²) in [6, 6.07) is 6.63. The molecule has 32 heavy (non-hydrogen) atoms. The van der Waals surface area contributed by atoms with Gasteiger partial charge in [-0.2, -0.15) is 5.26 Å². The molecule has 12 heteroatoms. The number of hydrogen-bond donors (Lipinski definition) is 1. The first-order valence-corrected chi connectivity index (χ1v) is 10.8. The van der Waals surface area contributed by atoms with Gasteiger partial charge in [-0.25, -0.2) is 4.98 Å². The first-order chi connectivity index (χ1) is 15.3. The van der Waals surface area contributed by atoms with Crippen molar-refractivity contribution >= 4 is 50.7 Å². The van der Waals surface area contributed by atoms with Crippen molar-refractivity contribution in [3.05, 3.63) is 66.8 Å². The van der Waals surface area contributed by atoms with Crippen LogP contribution in [0.3, 0.4) is 0 Å². The third-order valence-electron chi connectivity index (χ3n) is 4.78. The van der Waals surface area contributed by atoms with E-state index in [2.05, 4.69) is 20.2 Å². The van der Waals surface area contributed by atoms with E-state index in [1.165, 1.54) is 29.8 Å². The van der Waals surface area contributed by atoms with Gasteiger partial charge in [-0.05, 0) is 48.9 Å². The lowest BCUT2D eigenvalue weighted by Crippen LogP contribution is -2.10. The molecular formula is C20H15N7O3S2. The summed E-state index contributed by atoms with van der Waals surface area (Å²) >= 11 is 2.50. The van der Waals surface area contributed by atoms with Crippen LogP contribution in [0.25, 0.3) is 21.9 Å². The average Bonchev–Trinajstić information content (AvgIpc) is 3.29. The number of rotatable bonds is 5. The van der Waals surface area contributed by atoms with Gasteiger partial charge in [-0.15, -0.1) is 21.5 Å². The molecule has 10 nitrogen and oxygen atoms in total. The zero-order chi connectivity index (χ0) is 23.0. The molecular weight excluding hydrogens is 450 g/mol. The van der Waals surface area contributed by atoms with Crippen LogP contribution in [0.5, 0.6) is 0 Å². The van der Waals surface area contributed by atoms with Gasteiger partial charge in [-0.1, -0.05) is 6.07 Å². The molecule has 4 aromatic rings. The summed E-state index contributed by atoms with van der Waals surface area (Å²) in [6.07, 6.45) is 2.97. The van der Waals surface area contributed by atoms with E-state index in [1.54, 1.807) is 23.7 Å². The molecule has 0 fully saturated rings. The van der Waals surface area contributed by atoms with Crippen molar-refractivity contribution in [2.75, 3.05) is 0 Å². The molecule has 0 saturated heterocycles. The summed E-state index contributed by atoms with van der Waals surface area (Å²) in [5.41, 5.74) is 0.923. The zero-order valence-corrected chi connectivity index (χ0v) is 18.7. The van der Waals surface area contributed by atoms with Gasteiger partial charge in [0.05, 0.1) is 20.8 Å². The number of hydrogen-bond acceptors (Lipinski definition) is 9. The molecule has 4 rings (SSSR count). The fourth-order valence-electron chi connectivity index (χ4n) is 3.02. The number of nitrogens with one attached hydrogen (secondary N) is 1. The summed E-state index contributed by atoms with van der Waals surface area (Å²) in [6.45, 7) is 3.76. The normalized spacial score (nSPS) is 11.6. The number of aryl methyl sites for hydroxylation is 3. The van der Waals surface area contributed by atoms with Gasteiger partial charge >= 0.3 is 0 Å². The van der Waals surface area contributed by atoms with Crippen molar-refractivity contribution < 1.29 is 4.92 Å². The fourth-order valence-corrected chi connectivity index (χ4v) is 4.90. The SMILES string of the molecule is Cc1sc2nc(/C(C#N)=C\c3ccc(Sc4nncn4C)c([N+](=O)[O-])c3)[nH]c(=O)c2c1C. The van der Waals surface area contributed by atoms with Crippen LogP contribution < -0.4 is 5.56 Å². The Morgan fingerprint density at radius 1 is 1.41 bits per heavy atom. The maximum Gasteiger partial charge on any atom is 0.283 e. The third kappa shape index (κ3) is 3.91. The van der Waals surface area contributed by atoms with E-state index < -0.39 is 4.92 Å². The second kappa shape index (κ2) is 8.37. The Morgan fingerprint density at radius 3 is 2.84 bits per heavy atom. The van der Waals surface area contributed by atoms with E-state index in [-0.39, 0.29) is 22.6 Å². The van der Waals surface area contributed by atoms with Gasteiger partial charge < -0.3 is 9.55 Å². The predicted octanol–water partition coefficient (Wildman–Crippen LogP) is 3.85. The number of aromatic nitrogens is 5. The van der Waals surface area contributed by atoms with Crippen LogP contribution in [-0.4, -0.2) is 29.7 Å². The van der Waals surface area contributed by atoms with Crippen LogP contribution in [-0.2, 0) is 7.05 Å². The number of aromatic amines is 1. The van der Waals surface area contributed by atoms with Crippen LogP contribution in [0.15, 0.2) is 39.4 Å². The Bertz CT molecular complexity index is 1510. The highest BCUT2D eigenvalue weighted by molar-refractivity contribution is 7.99. The first-order valence-electron chi connectivity index (χ1n) is 9.21. The van der Waals surface area contributed by atoms with Crippen molar-refractivity contribution in [1.82, 2.24) is 24.7 Å². The molecule has 0 aliphatic heterocycles. The van der Waals surface area contributed by atoms with E-state index >= 15 is 0 Å². The Balaban J connectivity index is 1.76. The topological polar surface area (TPSA) is 143 Å². The van der Waals surface area contributed by atoms with Crippen molar-refractivity contribution in [1.29, 1.82) is 5.26 Å². The largest absolute Gasteiger partial charge is 0.311 e. The van der Waals surface area contributed by atoms with Gasteiger partial charge in [0.2, 0.25) is 0 Å². The number of H-pyrrole nitrogens is 1. The highest BCUT2D eigenvalue weighted by atomic mass is 32.2.